The van der Waals surface area contributed by atoms with Gasteiger partial charge < -0.3 is 9.57 Å². The van der Waals surface area contributed by atoms with E-state index in [9.17, 15) is 18.0 Å². The van der Waals surface area contributed by atoms with Gasteiger partial charge in [0.25, 0.3) is 0 Å². The Hall–Kier alpha value is -2.87. The lowest BCUT2D eigenvalue weighted by Gasteiger charge is -2.42. The van der Waals surface area contributed by atoms with Crippen LogP contribution in [-0.4, -0.2) is 36.3 Å². The average molecular weight is 543 g/mol. The Kier molecular flexibility index (Phi) is 8.31. The number of aryl methyl sites for hydroxylation is 1. The molecule has 3 aliphatic rings. The minimum atomic E-state index is -4.39. The van der Waals surface area contributed by atoms with Gasteiger partial charge in [0.05, 0.1) is 23.8 Å². The molecule has 8 heteroatoms. The number of esters is 1. The van der Waals surface area contributed by atoms with Crippen LogP contribution in [0, 0.1) is 5.92 Å². The van der Waals surface area contributed by atoms with Crippen LogP contribution >= 0.6 is 0 Å². The summed E-state index contributed by atoms with van der Waals surface area (Å²) >= 11 is 0. The third-order valence-corrected chi connectivity index (χ3v) is 8.48. The van der Waals surface area contributed by atoms with Crippen molar-refractivity contribution in [3.8, 4) is 0 Å². The van der Waals surface area contributed by atoms with E-state index in [0.29, 0.717) is 29.5 Å². The van der Waals surface area contributed by atoms with E-state index in [2.05, 4.69) is 22.2 Å². The summed E-state index contributed by atoms with van der Waals surface area (Å²) in [6.45, 7) is 5.54. The minimum absolute atomic E-state index is 0.0189. The number of hydrogen-bond donors (Lipinski definition) is 0. The van der Waals surface area contributed by atoms with Gasteiger partial charge in [-0.05, 0) is 85.4 Å². The number of fused-ring (bicyclic) bond motifs is 1. The number of hydrogen-bond acceptors (Lipinski definition) is 5. The molecule has 2 aliphatic carbocycles. The molecule has 5 rings (SSSR count). The highest BCUT2D eigenvalue weighted by Gasteiger charge is 2.40. The summed E-state index contributed by atoms with van der Waals surface area (Å²) in [6, 6.07) is 11.2. The molecule has 210 valence electrons. The van der Waals surface area contributed by atoms with Crippen LogP contribution in [0.15, 0.2) is 41.6 Å². The van der Waals surface area contributed by atoms with E-state index in [1.807, 2.05) is 19.9 Å². The Labute approximate surface area is 228 Å². The molecule has 1 aliphatic heterocycles. The first-order chi connectivity index (χ1) is 18.7. The lowest BCUT2D eigenvalue weighted by Crippen LogP contribution is -2.51. The zero-order valence-corrected chi connectivity index (χ0v) is 22.7. The van der Waals surface area contributed by atoms with E-state index in [1.54, 1.807) is 12.1 Å². The van der Waals surface area contributed by atoms with Gasteiger partial charge in [-0.25, -0.2) is 0 Å². The summed E-state index contributed by atoms with van der Waals surface area (Å²) in [5.74, 6) is -0.162. The van der Waals surface area contributed by atoms with Crippen molar-refractivity contribution < 1.29 is 27.5 Å². The van der Waals surface area contributed by atoms with Crippen LogP contribution in [-0.2, 0) is 33.6 Å². The maximum Gasteiger partial charge on any atom is 0.416 e. The highest BCUT2D eigenvalue weighted by Crippen LogP contribution is 2.42. The largest absolute Gasteiger partial charge is 0.466 e. The standard InChI is InChI=1S/C31H37F3N2O3/c1-3-38-30(37)25-17-36(18-25)29-14-11-24-16-23(10-13-27(24)29)20(2)35-39-19-21-9-12-26(22-7-5-4-6-8-22)28(15-21)31(32,33)34/h9-10,12-13,15-16,22,25,29H,3-8,11,14,17-19H2,1-2H3/b35-20+. The van der Waals surface area contributed by atoms with Gasteiger partial charge >= 0.3 is 12.1 Å². The molecule has 0 radical (unpaired) electrons. The lowest BCUT2D eigenvalue weighted by atomic mass is 9.81. The number of carbonyl (C=O) groups excluding carboxylic acids is 1. The maximum atomic E-state index is 13.9. The molecule has 1 saturated heterocycles. The SMILES string of the molecule is CCOC(=O)C1CN(C2CCc3cc(/C(C)=N/OCc4ccc(C5CCCCC5)c(C(F)(F)F)c4)ccc32)C1. The average Bonchev–Trinajstić information content (AvgIpc) is 3.31. The number of carbonyl (C=O) groups is 1. The normalized spacial score (nSPS) is 20.9. The zero-order valence-electron chi connectivity index (χ0n) is 22.7. The maximum absolute atomic E-state index is 13.9. The number of alkyl halides is 3. The number of benzene rings is 2. The first-order valence-corrected chi connectivity index (χ1v) is 14.1. The van der Waals surface area contributed by atoms with Crippen molar-refractivity contribution in [2.75, 3.05) is 19.7 Å². The van der Waals surface area contributed by atoms with Crippen LogP contribution in [0.5, 0.6) is 0 Å². The molecule has 39 heavy (non-hydrogen) atoms. The number of ether oxygens (including phenoxy) is 1. The topological polar surface area (TPSA) is 51.1 Å². The predicted octanol–water partition coefficient (Wildman–Crippen LogP) is 7.18. The Morgan fingerprint density at radius 3 is 2.49 bits per heavy atom. The monoisotopic (exact) mass is 542 g/mol. The number of rotatable bonds is 8. The van der Waals surface area contributed by atoms with Crippen LogP contribution in [0.1, 0.15) is 97.7 Å². The van der Waals surface area contributed by atoms with Gasteiger partial charge in [-0.1, -0.05) is 48.7 Å². The molecule has 1 atom stereocenters. The number of likely N-dealkylation sites (tertiary alicyclic amines) is 1. The Morgan fingerprint density at radius 1 is 1.03 bits per heavy atom. The number of oxime groups is 1. The first kappa shape index (κ1) is 27.7. The van der Waals surface area contributed by atoms with Gasteiger partial charge in [-0.15, -0.1) is 0 Å². The Bertz CT molecular complexity index is 1210. The summed E-state index contributed by atoms with van der Waals surface area (Å²) in [7, 11) is 0. The molecule has 1 unspecified atom stereocenters. The van der Waals surface area contributed by atoms with Crippen molar-refractivity contribution in [3.05, 3.63) is 69.8 Å². The van der Waals surface area contributed by atoms with Crippen molar-refractivity contribution in [1.82, 2.24) is 4.90 Å². The molecule has 0 amide bonds. The molecular weight excluding hydrogens is 505 g/mol. The van der Waals surface area contributed by atoms with E-state index in [0.717, 1.165) is 63.6 Å². The smallest absolute Gasteiger partial charge is 0.416 e. The van der Waals surface area contributed by atoms with Crippen molar-refractivity contribution in [2.45, 2.75) is 83.5 Å². The van der Waals surface area contributed by atoms with E-state index in [4.69, 9.17) is 9.57 Å². The number of nitrogens with zero attached hydrogens (tertiary/aromatic N) is 2. The highest BCUT2D eigenvalue weighted by molar-refractivity contribution is 5.98. The van der Waals surface area contributed by atoms with Gasteiger partial charge in [-0.3, -0.25) is 9.69 Å². The van der Waals surface area contributed by atoms with Gasteiger partial charge in [0.15, 0.2) is 0 Å². The molecule has 1 saturated carbocycles. The quantitative estimate of drug-likeness (QED) is 0.202. The highest BCUT2D eigenvalue weighted by atomic mass is 19.4. The summed E-state index contributed by atoms with van der Waals surface area (Å²) in [5, 5.41) is 4.22. The van der Waals surface area contributed by atoms with E-state index >= 15 is 0 Å². The predicted molar refractivity (Wildman–Crippen MR) is 143 cm³/mol. The van der Waals surface area contributed by atoms with Gasteiger partial charge in [-0.2, -0.15) is 13.2 Å². The summed E-state index contributed by atoms with van der Waals surface area (Å²) in [4.78, 5) is 19.8. The molecule has 1 heterocycles. The van der Waals surface area contributed by atoms with Gasteiger partial charge in [0.2, 0.25) is 0 Å². The molecule has 0 bridgehead atoms. The summed E-state index contributed by atoms with van der Waals surface area (Å²) in [5.41, 5.74) is 4.50. The minimum Gasteiger partial charge on any atom is -0.466 e. The van der Waals surface area contributed by atoms with Crippen LogP contribution in [0.2, 0.25) is 0 Å². The van der Waals surface area contributed by atoms with Crippen molar-refractivity contribution >= 4 is 11.7 Å². The van der Waals surface area contributed by atoms with Gasteiger partial charge in [0, 0.05) is 19.1 Å². The molecule has 2 aromatic rings. The molecule has 0 N–H and O–H groups in total. The van der Waals surface area contributed by atoms with E-state index in [-0.39, 0.29) is 24.4 Å². The van der Waals surface area contributed by atoms with Crippen LogP contribution in [0.25, 0.3) is 0 Å². The lowest BCUT2D eigenvalue weighted by molar-refractivity contribution is -0.155. The third kappa shape index (κ3) is 6.16. The first-order valence-electron chi connectivity index (χ1n) is 14.1. The fourth-order valence-electron chi connectivity index (χ4n) is 6.34. The van der Waals surface area contributed by atoms with Crippen LogP contribution < -0.4 is 0 Å². The van der Waals surface area contributed by atoms with Crippen LogP contribution in [0.4, 0.5) is 13.2 Å². The molecule has 0 spiro atoms. The van der Waals surface area contributed by atoms with E-state index < -0.39 is 11.7 Å². The second-order valence-electron chi connectivity index (χ2n) is 11.1. The summed E-state index contributed by atoms with van der Waals surface area (Å²) < 4.78 is 46.7. The molecular formula is C31H37F3N2O3. The molecule has 5 nitrogen and oxygen atoms in total. The third-order valence-electron chi connectivity index (χ3n) is 8.48. The number of halogens is 3. The molecule has 2 fully saturated rings. The van der Waals surface area contributed by atoms with Gasteiger partial charge in [0.1, 0.15) is 6.61 Å². The Morgan fingerprint density at radius 2 is 1.77 bits per heavy atom. The molecule has 0 aromatic heterocycles. The zero-order chi connectivity index (χ0) is 27.6. The second kappa shape index (κ2) is 11.7. The van der Waals surface area contributed by atoms with Crippen molar-refractivity contribution in [3.63, 3.8) is 0 Å². The van der Waals surface area contributed by atoms with Crippen molar-refractivity contribution in [1.29, 1.82) is 0 Å². The fraction of sp³-hybridized carbons (Fsp3) is 0.548. The molecule has 2 aromatic carbocycles. The summed E-state index contributed by atoms with van der Waals surface area (Å²) in [6.07, 6.45) is 2.28. The Balaban J connectivity index is 1.21. The van der Waals surface area contributed by atoms with Crippen LogP contribution in [0.3, 0.4) is 0 Å². The van der Waals surface area contributed by atoms with Crippen molar-refractivity contribution in [2.24, 2.45) is 11.1 Å². The fourth-order valence-corrected chi connectivity index (χ4v) is 6.34. The second-order valence-corrected chi connectivity index (χ2v) is 11.1. The van der Waals surface area contributed by atoms with E-state index in [1.165, 1.54) is 17.2 Å².